The molecule has 3 heteroatoms. The van der Waals surface area contributed by atoms with Crippen molar-refractivity contribution in [1.82, 2.24) is 0 Å². The lowest BCUT2D eigenvalue weighted by Crippen LogP contribution is -2.10. The summed E-state index contributed by atoms with van der Waals surface area (Å²) in [5.41, 5.74) is 3.07. The molecule has 1 unspecified atom stereocenters. The summed E-state index contributed by atoms with van der Waals surface area (Å²) in [6, 6.07) is 15.4. The van der Waals surface area contributed by atoms with E-state index in [4.69, 9.17) is 23.2 Å². The molecule has 0 N–H and O–H groups in total. The molecule has 0 radical (unpaired) electrons. The fraction of sp³-hybridized carbons (Fsp3) is 0.188. The van der Waals surface area contributed by atoms with Crippen molar-refractivity contribution in [1.29, 1.82) is 0 Å². The molecule has 1 nitrogen and oxygen atoms in total. The molecule has 98 valence electrons. The van der Waals surface area contributed by atoms with Gasteiger partial charge in [0.1, 0.15) is 0 Å². The van der Waals surface area contributed by atoms with Gasteiger partial charge in [-0.25, -0.2) is 0 Å². The fourth-order valence-corrected chi connectivity index (χ4v) is 2.53. The second kappa shape index (κ2) is 6.23. The van der Waals surface area contributed by atoms with Crippen LogP contribution in [0.1, 0.15) is 22.6 Å². The summed E-state index contributed by atoms with van der Waals surface area (Å²) < 4.78 is 0. The smallest absolute Gasteiger partial charge is 0.229 e. The first-order chi connectivity index (χ1) is 9.06. The monoisotopic (exact) mass is 292 g/mol. The third kappa shape index (κ3) is 3.82. The molecule has 19 heavy (non-hydrogen) atoms. The van der Waals surface area contributed by atoms with Crippen molar-refractivity contribution in [2.75, 3.05) is 0 Å². The molecule has 0 aliphatic rings. The van der Waals surface area contributed by atoms with E-state index in [1.807, 2.05) is 55.5 Å². The van der Waals surface area contributed by atoms with Crippen molar-refractivity contribution in [2.24, 2.45) is 0 Å². The number of halogens is 2. The second-order valence-corrected chi connectivity index (χ2v) is 5.41. The van der Waals surface area contributed by atoms with Gasteiger partial charge in [-0.3, -0.25) is 4.79 Å². The van der Waals surface area contributed by atoms with E-state index in [1.54, 1.807) is 0 Å². The average molecular weight is 293 g/mol. The molecule has 0 heterocycles. The second-order valence-electron chi connectivity index (χ2n) is 4.60. The maximum absolute atomic E-state index is 11.7. The van der Waals surface area contributed by atoms with E-state index in [0.717, 1.165) is 16.7 Å². The summed E-state index contributed by atoms with van der Waals surface area (Å²) in [5.74, 6) is -0.333. The van der Waals surface area contributed by atoms with Crippen LogP contribution in [-0.2, 0) is 11.2 Å². The lowest BCUT2D eigenvalue weighted by atomic mass is 9.92. The van der Waals surface area contributed by atoms with Crippen LogP contribution in [0.2, 0.25) is 5.02 Å². The molecule has 0 saturated carbocycles. The molecule has 0 aliphatic heterocycles. The minimum absolute atomic E-state index is 0.333. The lowest BCUT2D eigenvalue weighted by Gasteiger charge is -2.14. The van der Waals surface area contributed by atoms with Gasteiger partial charge >= 0.3 is 0 Å². The Morgan fingerprint density at radius 3 is 2.53 bits per heavy atom. The molecule has 1 atom stereocenters. The lowest BCUT2D eigenvalue weighted by molar-refractivity contribution is -0.113. The normalized spacial score (nSPS) is 12.2. The largest absolute Gasteiger partial charge is 0.281 e. The third-order valence-corrected chi connectivity index (χ3v) is 3.55. The number of rotatable bonds is 4. The predicted molar refractivity (Wildman–Crippen MR) is 79.9 cm³/mol. The Morgan fingerprint density at radius 1 is 1.16 bits per heavy atom. The van der Waals surface area contributed by atoms with Gasteiger partial charge in [-0.15, -0.1) is 0 Å². The molecule has 0 aromatic heterocycles. The van der Waals surface area contributed by atoms with Gasteiger partial charge in [-0.1, -0.05) is 53.6 Å². The maximum Gasteiger partial charge on any atom is 0.229 e. The van der Waals surface area contributed by atoms with E-state index in [-0.39, 0.29) is 11.2 Å². The molecular weight excluding hydrogens is 279 g/mol. The van der Waals surface area contributed by atoms with Crippen LogP contribution in [-0.4, -0.2) is 5.24 Å². The summed E-state index contributed by atoms with van der Waals surface area (Å²) in [5, 5.41) is 0.327. The van der Waals surface area contributed by atoms with E-state index in [9.17, 15) is 4.79 Å². The highest BCUT2D eigenvalue weighted by atomic mass is 35.5. The number of hydrogen-bond donors (Lipinski definition) is 0. The van der Waals surface area contributed by atoms with Crippen molar-refractivity contribution in [3.63, 3.8) is 0 Å². The minimum atomic E-state index is -0.342. The van der Waals surface area contributed by atoms with Gasteiger partial charge in [0, 0.05) is 5.02 Å². The third-order valence-electron chi connectivity index (χ3n) is 3.05. The zero-order chi connectivity index (χ0) is 13.8. The number of carbonyl (C=O) groups excluding carboxylic acids is 1. The first-order valence-corrected chi connectivity index (χ1v) is 6.82. The van der Waals surface area contributed by atoms with Crippen LogP contribution in [0.25, 0.3) is 0 Å². The van der Waals surface area contributed by atoms with Crippen LogP contribution in [0.5, 0.6) is 0 Å². The first-order valence-electron chi connectivity index (χ1n) is 6.06. The van der Waals surface area contributed by atoms with Crippen LogP contribution >= 0.6 is 23.2 Å². The van der Waals surface area contributed by atoms with E-state index in [0.29, 0.717) is 11.4 Å². The summed E-state index contributed by atoms with van der Waals surface area (Å²) in [4.78, 5) is 11.7. The fourth-order valence-electron chi connectivity index (χ4n) is 2.12. The van der Waals surface area contributed by atoms with Crippen molar-refractivity contribution < 1.29 is 4.79 Å². The Kier molecular flexibility index (Phi) is 4.62. The number of carbonyl (C=O) groups is 1. The zero-order valence-electron chi connectivity index (χ0n) is 10.6. The van der Waals surface area contributed by atoms with E-state index in [2.05, 4.69) is 0 Å². The number of benzene rings is 2. The topological polar surface area (TPSA) is 17.1 Å². The van der Waals surface area contributed by atoms with Gasteiger partial charge in [0.2, 0.25) is 5.24 Å². The SMILES string of the molecule is Cc1cccc(C(Cc2cccc(Cl)c2)C(=O)Cl)c1. The Labute approximate surface area is 123 Å². The molecule has 2 aromatic carbocycles. The van der Waals surface area contributed by atoms with E-state index >= 15 is 0 Å². The molecule has 0 aliphatic carbocycles. The Hall–Kier alpha value is -1.31. The average Bonchev–Trinajstić information content (AvgIpc) is 2.35. The Balaban J connectivity index is 2.29. The van der Waals surface area contributed by atoms with Gasteiger partial charge < -0.3 is 0 Å². The van der Waals surface area contributed by atoms with E-state index in [1.165, 1.54) is 0 Å². The van der Waals surface area contributed by atoms with Crippen molar-refractivity contribution >= 4 is 28.4 Å². The molecule has 0 fully saturated rings. The van der Waals surface area contributed by atoms with E-state index < -0.39 is 0 Å². The van der Waals surface area contributed by atoms with Gasteiger partial charge in [0.05, 0.1) is 5.92 Å². The number of aryl methyl sites for hydroxylation is 1. The van der Waals surface area contributed by atoms with Crippen molar-refractivity contribution in [3.05, 3.63) is 70.2 Å². The van der Waals surface area contributed by atoms with Gasteiger partial charge in [-0.2, -0.15) is 0 Å². The molecule has 0 spiro atoms. The molecular formula is C16H14Cl2O. The Morgan fingerprint density at radius 2 is 1.89 bits per heavy atom. The van der Waals surface area contributed by atoms with Crippen LogP contribution in [0.15, 0.2) is 48.5 Å². The highest BCUT2D eigenvalue weighted by Crippen LogP contribution is 2.25. The first kappa shape index (κ1) is 14.1. The zero-order valence-corrected chi connectivity index (χ0v) is 12.1. The molecule has 0 saturated heterocycles. The quantitative estimate of drug-likeness (QED) is 0.744. The van der Waals surface area contributed by atoms with Gasteiger partial charge in [-0.05, 0) is 48.2 Å². The van der Waals surface area contributed by atoms with Crippen molar-refractivity contribution in [3.8, 4) is 0 Å². The van der Waals surface area contributed by atoms with Crippen LogP contribution in [0, 0.1) is 6.92 Å². The van der Waals surface area contributed by atoms with Gasteiger partial charge in [0.25, 0.3) is 0 Å². The molecule has 0 amide bonds. The van der Waals surface area contributed by atoms with Crippen LogP contribution < -0.4 is 0 Å². The standard InChI is InChI=1S/C16H14Cl2O/c1-11-4-2-6-13(8-11)15(16(18)19)10-12-5-3-7-14(17)9-12/h2-9,15H,10H2,1H3. The van der Waals surface area contributed by atoms with Gasteiger partial charge in [0.15, 0.2) is 0 Å². The molecule has 0 bridgehead atoms. The predicted octanol–water partition coefficient (Wildman–Crippen LogP) is 4.74. The summed E-state index contributed by atoms with van der Waals surface area (Å²) in [6.45, 7) is 2.00. The van der Waals surface area contributed by atoms with Crippen molar-refractivity contribution in [2.45, 2.75) is 19.3 Å². The number of hydrogen-bond acceptors (Lipinski definition) is 1. The summed E-state index contributed by atoms with van der Waals surface area (Å²) in [7, 11) is 0. The van der Waals surface area contributed by atoms with Crippen LogP contribution in [0.3, 0.4) is 0 Å². The highest BCUT2D eigenvalue weighted by Gasteiger charge is 2.19. The van der Waals surface area contributed by atoms with Crippen LogP contribution in [0.4, 0.5) is 0 Å². The highest BCUT2D eigenvalue weighted by molar-refractivity contribution is 6.64. The Bertz CT molecular complexity index is 593. The molecule has 2 aromatic rings. The minimum Gasteiger partial charge on any atom is -0.281 e. The summed E-state index contributed by atoms with van der Waals surface area (Å²) in [6.07, 6.45) is 0.562. The molecule has 2 rings (SSSR count). The summed E-state index contributed by atoms with van der Waals surface area (Å²) >= 11 is 11.7. The maximum atomic E-state index is 11.7.